The van der Waals surface area contributed by atoms with E-state index in [0.717, 1.165) is 13.1 Å². The van der Waals surface area contributed by atoms with E-state index in [9.17, 15) is 0 Å². The van der Waals surface area contributed by atoms with Crippen molar-refractivity contribution in [1.82, 2.24) is 5.32 Å². The molecule has 90 valence electrons. The normalized spacial score (nSPS) is 12.7. The molecular weight excluding hydrogens is 214 g/mol. The molecule has 1 nitrogen and oxygen atoms in total. The summed E-state index contributed by atoms with van der Waals surface area (Å²) >= 11 is 1.94. The van der Waals surface area contributed by atoms with Gasteiger partial charge in [0.15, 0.2) is 0 Å². The molecule has 0 aliphatic rings. The molecule has 2 heteroatoms. The first-order valence-electron chi connectivity index (χ1n) is 6.04. The van der Waals surface area contributed by atoms with Crippen molar-refractivity contribution in [2.24, 2.45) is 0 Å². The molecule has 0 aliphatic heterocycles. The lowest BCUT2D eigenvalue weighted by Crippen LogP contribution is -2.22. The predicted molar refractivity (Wildman–Crippen MR) is 75.5 cm³/mol. The van der Waals surface area contributed by atoms with E-state index in [0.29, 0.717) is 5.92 Å². The lowest BCUT2D eigenvalue weighted by atomic mass is 9.92. The molecule has 0 bridgehead atoms. The van der Waals surface area contributed by atoms with Gasteiger partial charge in [-0.15, -0.1) is 0 Å². The van der Waals surface area contributed by atoms with Gasteiger partial charge in [0.05, 0.1) is 0 Å². The number of aryl methyl sites for hydroxylation is 1. The van der Waals surface area contributed by atoms with E-state index in [-0.39, 0.29) is 0 Å². The summed E-state index contributed by atoms with van der Waals surface area (Å²) in [5, 5.41) is 3.47. The van der Waals surface area contributed by atoms with Crippen molar-refractivity contribution in [3.05, 3.63) is 35.4 Å². The van der Waals surface area contributed by atoms with Crippen molar-refractivity contribution in [2.45, 2.75) is 26.2 Å². The maximum Gasteiger partial charge on any atom is 0.00204 e. The van der Waals surface area contributed by atoms with Crippen LogP contribution in [-0.2, 0) is 0 Å². The van der Waals surface area contributed by atoms with Crippen LogP contribution in [0, 0.1) is 6.92 Å². The first-order chi connectivity index (χ1) is 7.79. The van der Waals surface area contributed by atoms with Gasteiger partial charge in [-0.1, -0.05) is 31.2 Å². The van der Waals surface area contributed by atoms with E-state index in [1.165, 1.54) is 23.3 Å². The summed E-state index contributed by atoms with van der Waals surface area (Å²) in [7, 11) is 0. The van der Waals surface area contributed by atoms with Crippen molar-refractivity contribution < 1.29 is 0 Å². The molecule has 0 saturated carbocycles. The highest BCUT2D eigenvalue weighted by Crippen LogP contribution is 2.23. The van der Waals surface area contributed by atoms with Crippen LogP contribution in [0.1, 0.15) is 30.4 Å². The Bertz CT molecular complexity index is 291. The molecule has 1 aromatic rings. The van der Waals surface area contributed by atoms with Gasteiger partial charge in [0.2, 0.25) is 0 Å². The quantitative estimate of drug-likeness (QED) is 0.779. The Balaban J connectivity index is 2.70. The minimum atomic E-state index is 0.661. The predicted octanol–water partition coefficient (Wildman–Crippen LogP) is 3.44. The maximum absolute atomic E-state index is 3.47. The summed E-state index contributed by atoms with van der Waals surface area (Å²) in [4.78, 5) is 0. The highest BCUT2D eigenvalue weighted by molar-refractivity contribution is 7.98. The summed E-state index contributed by atoms with van der Waals surface area (Å²) < 4.78 is 0. The van der Waals surface area contributed by atoms with Crippen LogP contribution in [0.25, 0.3) is 0 Å². The third-order valence-electron chi connectivity index (χ3n) is 2.94. The minimum absolute atomic E-state index is 0.661. The Labute approximate surface area is 104 Å². The van der Waals surface area contributed by atoms with Crippen LogP contribution in [0.2, 0.25) is 0 Å². The topological polar surface area (TPSA) is 12.0 Å². The van der Waals surface area contributed by atoms with Gasteiger partial charge in [0.1, 0.15) is 0 Å². The van der Waals surface area contributed by atoms with E-state index >= 15 is 0 Å². The molecule has 1 aromatic carbocycles. The van der Waals surface area contributed by atoms with Gasteiger partial charge in [-0.2, -0.15) is 11.8 Å². The molecule has 0 spiro atoms. The smallest absolute Gasteiger partial charge is 0.00204 e. The lowest BCUT2D eigenvalue weighted by Gasteiger charge is -2.19. The fourth-order valence-corrected chi connectivity index (χ4v) is 2.51. The number of benzene rings is 1. The van der Waals surface area contributed by atoms with Crippen molar-refractivity contribution in [1.29, 1.82) is 0 Å². The summed E-state index contributed by atoms with van der Waals surface area (Å²) in [6.45, 7) is 6.54. The van der Waals surface area contributed by atoms with E-state index in [4.69, 9.17) is 0 Å². The minimum Gasteiger partial charge on any atom is -0.316 e. The first kappa shape index (κ1) is 13.6. The zero-order chi connectivity index (χ0) is 11.8. The number of hydrogen-bond donors (Lipinski definition) is 1. The highest BCUT2D eigenvalue weighted by Gasteiger charge is 2.12. The zero-order valence-corrected chi connectivity index (χ0v) is 11.4. The van der Waals surface area contributed by atoms with Gasteiger partial charge in [-0.05, 0) is 48.9 Å². The summed E-state index contributed by atoms with van der Waals surface area (Å²) in [6, 6.07) is 8.77. The molecule has 1 unspecified atom stereocenters. The third kappa shape index (κ3) is 4.18. The molecule has 0 aromatic heterocycles. The Hall–Kier alpha value is -0.470. The van der Waals surface area contributed by atoms with Crippen molar-refractivity contribution >= 4 is 11.8 Å². The molecule has 1 rings (SSSR count). The zero-order valence-electron chi connectivity index (χ0n) is 10.6. The second-order valence-corrected chi connectivity index (χ2v) is 5.13. The van der Waals surface area contributed by atoms with Gasteiger partial charge < -0.3 is 5.32 Å². The number of likely N-dealkylation sites (N-methyl/N-ethyl adjacent to an activating group) is 1. The number of thioether (sulfide) groups is 1. The van der Waals surface area contributed by atoms with Crippen LogP contribution in [0.15, 0.2) is 24.3 Å². The highest BCUT2D eigenvalue weighted by atomic mass is 32.2. The molecule has 0 heterocycles. The second kappa shape index (κ2) is 7.75. The molecule has 1 atom stereocenters. The van der Waals surface area contributed by atoms with Crippen LogP contribution in [0.4, 0.5) is 0 Å². The molecule has 0 fully saturated rings. The SMILES string of the molecule is CCNCC(CCSC)c1ccccc1C. The van der Waals surface area contributed by atoms with Gasteiger partial charge in [-0.25, -0.2) is 0 Å². The molecule has 16 heavy (non-hydrogen) atoms. The molecule has 0 amide bonds. The monoisotopic (exact) mass is 237 g/mol. The molecule has 0 aliphatic carbocycles. The van der Waals surface area contributed by atoms with Gasteiger partial charge in [-0.3, -0.25) is 0 Å². The standard InChI is InChI=1S/C14H23NS/c1-4-15-11-13(9-10-16-3)14-8-6-5-7-12(14)2/h5-8,13,15H,4,9-11H2,1-3H3. The molecular formula is C14H23NS. The summed E-state index contributed by atoms with van der Waals surface area (Å²) in [6.07, 6.45) is 3.45. The average Bonchev–Trinajstić information content (AvgIpc) is 2.31. The van der Waals surface area contributed by atoms with E-state index < -0.39 is 0 Å². The van der Waals surface area contributed by atoms with E-state index in [2.05, 4.69) is 49.7 Å². The maximum atomic E-state index is 3.47. The van der Waals surface area contributed by atoms with Crippen LogP contribution in [-0.4, -0.2) is 25.1 Å². The Morgan fingerprint density at radius 1 is 1.31 bits per heavy atom. The largest absolute Gasteiger partial charge is 0.316 e. The molecule has 0 radical (unpaired) electrons. The van der Waals surface area contributed by atoms with Crippen molar-refractivity contribution in [3.8, 4) is 0 Å². The first-order valence-corrected chi connectivity index (χ1v) is 7.44. The van der Waals surface area contributed by atoms with E-state index in [1.54, 1.807) is 0 Å². The fraction of sp³-hybridized carbons (Fsp3) is 0.571. The third-order valence-corrected chi connectivity index (χ3v) is 3.58. The van der Waals surface area contributed by atoms with Gasteiger partial charge in [0, 0.05) is 6.54 Å². The molecule has 0 saturated heterocycles. The van der Waals surface area contributed by atoms with E-state index in [1.807, 2.05) is 11.8 Å². The number of hydrogen-bond acceptors (Lipinski definition) is 2. The van der Waals surface area contributed by atoms with Crippen molar-refractivity contribution in [2.75, 3.05) is 25.1 Å². The van der Waals surface area contributed by atoms with Crippen LogP contribution >= 0.6 is 11.8 Å². The Kier molecular flexibility index (Phi) is 6.58. The number of nitrogens with one attached hydrogen (secondary N) is 1. The fourth-order valence-electron chi connectivity index (χ4n) is 1.99. The van der Waals surface area contributed by atoms with Crippen LogP contribution in [0.3, 0.4) is 0 Å². The lowest BCUT2D eigenvalue weighted by molar-refractivity contribution is 0.585. The van der Waals surface area contributed by atoms with Gasteiger partial charge in [0.25, 0.3) is 0 Å². The Morgan fingerprint density at radius 3 is 2.69 bits per heavy atom. The van der Waals surface area contributed by atoms with Crippen LogP contribution in [0.5, 0.6) is 0 Å². The summed E-state index contributed by atoms with van der Waals surface area (Å²) in [5.74, 6) is 1.90. The van der Waals surface area contributed by atoms with Gasteiger partial charge >= 0.3 is 0 Å². The molecule has 1 N–H and O–H groups in total. The Morgan fingerprint density at radius 2 is 2.06 bits per heavy atom. The summed E-state index contributed by atoms with van der Waals surface area (Å²) in [5.41, 5.74) is 2.93. The number of rotatable bonds is 7. The van der Waals surface area contributed by atoms with Crippen molar-refractivity contribution in [3.63, 3.8) is 0 Å². The van der Waals surface area contributed by atoms with Crippen LogP contribution < -0.4 is 5.32 Å². The second-order valence-electron chi connectivity index (χ2n) is 4.14. The average molecular weight is 237 g/mol.